The van der Waals surface area contributed by atoms with Gasteiger partial charge >= 0.3 is 5.97 Å². The van der Waals surface area contributed by atoms with Gasteiger partial charge in [0.25, 0.3) is 0 Å². The molecule has 0 aromatic carbocycles. The molecule has 0 bridgehead atoms. The Balaban J connectivity index is 4.20. The number of carbonyl (C=O) groups is 1. The molecule has 2 nitrogen and oxygen atoms in total. The van der Waals surface area contributed by atoms with Crippen LogP contribution in [0.2, 0.25) is 0 Å². The summed E-state index contributed by atoms with van der Waals surface area (Å²) in [5.74, 6) is 10.8. The molecule has 0 saturated heterocycles. The van der Waals surface area contributed by atoms with Gasteiger partial charge in [-0.2, -0.15) is 0 Å². The molecule has 0 N–H and O–H groups in total. The quantitative estimate of drug-likeness (QED) is 0.484. The van der Waals surface area contributed by atoms with E-state index in [4.69, 9.17) is 0 Å². The number of carbonyl (C=O) groups excluding carboxylic acids is 1. The number of esters is 1. The Morgan fingerprint density at radius 3 is 2.00 bits per heavy atom. The summed E-state index contributed by atoms with van der Waals surface area (Å²) >= 11 is 0. The molecule has 0 atom stereocenters. The third kappa shape index (κ3) is 4.93. The van der Waals surface area contributed by atoms with Crippen LogP contribution in [0.3, 0.4) is 0 Å². The maximum atomic E-state index is 11.2. The monoisotopic (exact) mass is 178 g/mol. The smallest absolute Gasteiger partial charge is 0.310 e. The lowest BCUT2D eigenvalue weighted by atomic mass is 10.0. The number of ether oxygens (including phenoxy) is 1. The third-order valence-electron chi connectivity index (χ3n) is 1.58. The van der Waals surface area contributed by atoms with Gasteiger partial charge in [-0.25, -0.2) is 0 Å². The zero-order chi connectivity index (χ0) is 10.1. The molecular formula is C11H14O2. The lowest BCUT2D eigenvalue weighted by Crippen LogP contribution is -2.15. The highest BCUT2D eigenvalue weighted by Crippen LogP contribution is 2.08. The van der Waals surface area contributed by atoms with E-state index in [9.17, 15) is 4.79 Å². The minimum atomic E-state index is -0.231. The second kappa shape index (κ2) is 7.25. The Kier molecular flexibility index (Phi) is 6.46. The van der Waals surface area contributed by atoms with Crippen molar-refractivity contribution in [2.45, 2.75) is 26.7 Å². The van der Waals surface area contributed by atoms with E-state index in [1.54, 1.807) is 13.8 Å². The van der Waals surface area contributed by atoms with Crippen LogP contribution in [0.4, 0.5) is 0 Å². The van der Waals surface area contributed by atoms with Crippen molar-refractivity contribution in [2.75, 3.05) is 7.11 Å². The van der Waals surface area contributed by atoms with E-state index in [0.717, 1.165) is 0 Å². The molecule has 0 fully saturated rings. The lowest BCUT2D eigenvalue weighted by Gasteiger charge is -2.06. The summed E-state index contributed by atoms with van der Waals surface area (Å²) in [6, 6.07) is 0. The lowest BCUT2D eigenvalue weighted by molar-refractivity contribution is -0.145. The van der Waals surface area contributed by atoms with E-state index < -0.39 is 0 Å². The van der Waals surface area contributed by atoms with Crippen molar-refractivity contribution < 1.29 is 9.53 Å². The zero-order valence-corrected chi connectivity index (χ0v) is 8.31. The first kappa shape index (κ1) is 11.6. The average molecular weight is 178 g/mol. The molecule has 0 aliphatic rings. The van der Waals surface area contributed by atoms with Gasteiger partial charge in [0.1, 0.15) is 0 Å². The molecule has 0 aliphatic carbocycles. The van der Waals surface area contributed by atoms with E-state index in [-0.39, 0.29) is 11.9 Å². The zero-order valence-electron chi connectivity index (χ0n) is 8.31. The van der Waals surface area contributed by atoms with Crippen LogP contribution < -0.4 is 0 Å². The second-order valence-corrected chi connectivity index (χ2v) is 2.48. The van der Waals surface area contributed by atoms with Gasteiger partial charge in [-0.05, 0) is 13.8 Å². The van der Waals surface area contributed by atoms with Gasteiger partial charge in [0, 0.05) is 12.8 Å². The molecular weight excluding hydrogens is 164 g/mol. The average Bonchev–Trinajstić information content (AvgIpc) is 2.17. The molecule has 0 aromatic rings. The first-order valence-corrected chi connectivity index (χ1v) is 4.13. The van der Waals surface area contributed by atoms with Gasteiger partial charge in [-0.3, -0.25) is 4.79 Å². The fourth-order valence-corrected chi connectivity index (χ4v) is 0.856. The minimum absolute atomic E-state index is 0.204. The Hall–Kier alpha value is -1.41. The largest absolute Gasteiger partial charge is 0.469 e. The van der Waals surface area contributed by atoms with E-state index in [1.807, 2.05) is 0 Å². The standard InChI is InChI=1S/C11H14O2/c1-4-6-8-10(9-7-5-2)11(12)13-3/h10H,8-9H2,1-3H3. The molecule has 0 saturated carbocycles. The third-order valence-corrected chi connectivity index (χ3v) is 1.58. The molecule has 0 radical (unpaired) electrons. The van der Waals surface area contributed by atoms with Crippen LogP contribution in [-0.2, 0) is 9.53 Å². The van der Waals surface area contributed by atoms with Crippen molar-refractivity contribution in [1.82, 2.24) is 0 Å². The Morgan fingerprint density at radius 1 is 1.23 bits per heavy atom. The van der Waals surface area contributed by atoms with Gasteiger partial charge < -0.3 is 4.74 Å². The fraction of sp³-hybridized carbons (Fsp3) is 0.545. The first-order chi connectivity index (χ1) is 6.26. The van der Waals surface area contributed by atoms with Crippen LogP contribution >= 0.6 is 0 Å². The van der Waals surface area contributed by atoms with Gasteiger partial charge in [0.05, 0.1) is 13.0 Å². The van der Waals surface area contributed by atoms with Gasteiger partial charge in [-0.15, -0.1) is 23.7 Å². The van der Waals surface area contributed by atoms with Crippen LogP contribution in [-0.4, -0.2) is 13.1 Å². The molecule has 2 heteroatoms. The predicted octanol–water partition coefficient (Wildman–Crippen LogP) is 1.60. The van der Waals surface area contributed by atoms with Crippen molar-refractivity contribution >= 4 is 5.97 Å². The Morgan fingerprint density at radius 2 is 1.69 bits per heavy atom. The molecule has 0 amide bonds. The van der Waals surface area contributed by atoms with E-state index in [0.29, 0.717) is 12.8 Å². The summed E-state index contributed by atoms with van der Waals surface area (Å²) < 4.78 is 4.63. The summed E-state index contributed by atoms with van der Waals surface area (Å²) in [5, 5.41) is 0. The van der Waals surface area contributed by atoms with Crippen LogP contribution in [0.1, 0.15) is 26.7 Å². The molecule has 13 heavy (non-hydrogen) atoms. The number of methoxy groups -OCH3 is 1. The highest BCUT2D eigenvalue weighted by atomic mass is 16.5. The van der Waals surface area contributed by atoms with Crippen molar-refractivity contribution in [3.63, 3.8) is 0 Å². The van der Waals surface area contributed by atoms with Gasteiger partial charge in [0.15, 0.2) is 0 Å². The van der Waals surface area contributed by atoms with Gasteiger partial charge in [-0.1, -0.05) is 0 Å². The summed E-state index contributed by atoms with van der Waals surface area (Å²) in [5.41, 5.74) is 0. The van der Waals surface area contributed by atoms with Crippen molar-refractivity contribution in [3.05, 3.63) is 0 Å². The van der Waals surface area contributed by atoms with Crippen LogP contribution in [0, 0.1) is 29.6 Å². The van der Waals surface area contributed by atoms with E-state index >= 15 is 0 Å². The summed E-state index contributed by atoms with van der Waals surface area (Å²) in [4.78, 5) is 11.2. The van der Waals surface area contributed by atoms with E-state index in [2.05, 4.69) is 28.4 Å². The van der Waals surface area contributed by atoms with Crippen LogP contribution in [0.25, 0.3) is 0 Å². The number of rotatable bonds is 3. The molecule has 0 rings (SSSR count). The van der Waals surface area contributed by atoms with E-state index in [1.165, 1.54) is 7.11 Å². The second-order valence-electron chi connectivity index (χ2n) is 2.48. The Labute approximate surface area is 79.7 Å². The normalized spacial score (nSPS) is 8.00. The fourth-order valence-electron chi connectivity index (χ4n) is 0.856. The maximum Gasteiger partial charge on any atom is 0.310 e. The molecule has 0 aromatic heterocycles. The summed E-state index contributed by atoms with van der Waals surface area (Å²) in [6.07, 6.45) is 1.05. The molecule has 70 valence electrons. The summed E-state index contributed by atoms with van der Waals surface area (Å²) in [6.45, 7) is 3.50. The van der Waals surface area contributed by atoms with Crippen LogP contribution in [0.5, 0.6) is 0 Å². The Bertz CT molecular complexity index is 248. The van der Waals surface area contributed by atoms with Crippen molar-refractivity contribution in [1.29, 1.82) is 0 Å². The molecule has 0 heterocycles. The topological polar surface area (TPSA) is 26.3 Å². The maximum absolute atomic E-state index is 11.2. The number of hydrogen-bond donors (Lipinski definition) is 0. The highest BCUT2D eigenvalue weighted by Gasteiger charge is 2.16. The predicted molar refractivity (Wildman–Crippen MR) is 51.6 cm³/mol. The minimum Gasteiger partial charge on any atom is -0.469 e. The molecule has 0 spiro atoms. The molecule has 0 aliphatic heterocycles. The summed E-state index contributed by atoms with van der Waals surface area (Å²) in [7, 11) is 1.38. The van der Waals surface area contributed by atoms with Crippen molar-refractivity contribution in [3.8, 4) is 23.7 Å². The van der Waals surface area contributed by atoms with Gasteiger partial charge in [0.2, 0.25) is 0 Å². The van der Waals surface area contributed by atoms with Crippen molar-refractivity contribution in [2.24, 2.45) is 5.92 Å². The van der Waals surface area contributed by atoms with Crippen LogP contribution in [0.15, 0.2) is 0 Å². The number of hydrogen-bond acceptors (Lipinski definition) is 2. The first-order valence-electron chi connectivity index (χ1n) is 4.13. The molecule has 0 unspecified atom stereocenters. The highest BCUT2D eigenvalue weighted by molar-refractivity contribution is 5.73. The SMILES string of the molecule is CC#CCC(CC#CC)C(=O)OC.